The van der Waals surface area contributed by atoms with Crippen LogP contribution in [0.4, 0.5) is 4.39 Å². The summed E-state index contributed by atoms with van der Waals surface area (Å²) in [6.45, 7) is 4.94. The molecule has 0 bridgehead atoms. The van der Waals surface area contributed by atoms with Crippen molar-refractivity contribution < 1.29 is 4.39 Å². The molecular formula is C14H17FN4. The van der Waals surface area contributed by atoms with Crippen LogP contribution < -0.4 is 5.73 Å². The molecular weight excluding hydrogens is 243 g/mol. The molecule has 0 aromatic carbocycles. The molecule has 5 heteroatoms. The summed E-state index contributed by atoms with van der Waals surface area (Å²) in [4.78, 5) is 8.80. The van der Waals surface area contributed by atoms with Crippen LogP contribution in [0.15, 0.2) is 18.3 Å². The van der Waals surface area contributed by atoms with E-state index in [0.29, 0.717) is 11.6 Å². The van der Waals surface area contributed by atoms with Gasteiger partial charge in [-0.05, 0) is 25.5 Å². The van der Waals surface area contributed by atoms with Gasteiger partial charge in [0.15, 0.2) is 0 Å². The molecule has 2 unspecified atom stereocenters. The first-order valence-electron chi connectivity index (χ1n) is 6.50. The van der Waals surface area contributed by atoms with Crippen molar-refractivity contribution in [3.05, 3.63) is 35.7 Å². The maximum Gasteiger partial charge on any atom is 0.141 e. The Morgan fingerprint density at radius 1 is 1.42 bits per heavy atom. The molecule has 2 N–H and O–H groups in total. The molecule has 1 aliphatic rings. The van der Waals surface area contributed by atoms with Gasteiger partial charge in [-0.3, -0.25) is 4.98 Å². The van der Waals surface area contributed by atoms with Gasteiger partial charge < -0.3 is 10.3 Å². The second kappa shape index (κ2) is 4.42. The molecule has 2 aromatic rings. The van der Waals surface area contributed by atoms with E-state index in [-0.39, 0.29) is 11.9 Å². The van der Waals surface area contributed by atoms with Gasteiger partial charge in [0.1, 0.15) is 17.3 Å². The summed E-state index contributed by atoms with van der Waals surface area (Å²) in [6, 6.07) is 3.25. The second-order valence-corrected chi connectivity index (χ2v) is 5.27. The highest BCUT2D eigenvalue weighted by Gasteiger charge is 2.27. The van der Waals surface area contributed by atoms with Crippen LogP contribution in [-0.2, 0) is 6.54 Å². The van der Waals surface area contributed by atoms with Gasteiger partial charge in [-0.2, -0.15) is 0 Å². The van der Waals surface area contributed by atoms with E-state index in [9.17, 15) is 4.39 Å². The molecule has 1 aliphatic heterocycles. The number of rotatable bonds is 1. The lowest BCUT2D eigenvalue weighted by molar-refractivity contribution is 0.403. The lowest BCUT2D eigenvalue weighted by Gasteiger charge is -2.26. The number of nitrogens with two attached hydrogens (primary N) is 1. The number of pyridine rings is 1. The molecule has 0 spiro atoms. The van der Waals surface area contributed by atoms with Gasteiger partial charge in [0, 0.05) is 24.2 Å². The Kier molecular flexibility index (Phi) is 2.86. The molecule has 2 atom stereocenters. The third-order valence-corrected chi connectivity index (χ3v) is 3.73. The van der Waals surface area contributed by atoms with Crippen molar-refractivity contribution in [2.24, 2.45) is 5.73 Å². The zero-order valence-corrected chi connectivity index (χ0v) is 11.1. The fourth-order valence-corrected chi connectivity index (χ4v) is 2.79. The number of hydrogen-bond acceptors (Lipinski definition) is 3. The number of halogens is 1. The van der Waals surface area contributed by atoms with Crippen molar-refractivity contribution in [1.82, 2.24) is 14.5 Å². The average molecular weight is 260 g/mol. The second-order valence-electron chi connectivity index (χ2n) is 5.27. The van der Waals surface area contributed by atoms with E-state index in [4.69, 9.17) is 5.73 Å². The highest BCUT2D eigenvalue weighted by molar-refractivity contribution is 5.57. The molecule has 4 nitrogen and oxygen atoms in total. The summed E-state index contributed by atoms with van der Waals surface area (Å²) in [5.41, 5.74) is 8.65. The van der Waals surface area contributed by atoms with E-state index in [1.165, 1.54) is 12.3 Å². The Labute approximate surface area is 111 Å². The standard InChI is InChI=1S/C14H17FN4/c1-8-5-11(16)7-19-9(2)13(18-14(8)19)12-4-3-10(15)6-17-12/h3-4,6,8,11H,5,7,16H2,1-2H3. The van der Waals surface area contributed by atoms with Crippen molar-refractivity contribution in [3.63, 3.8) is 0 Å². The zero-order chi connectivity index (χ0) is 13.6. The first-order chi connectivity index (χ1) is 9.06. The van der Waals surface area contributed by atoms with Gasteiger partial charge in [-0.15, -0.1) is 0 Å². The van der Waals surface area contributed by atoms with Crippen LogP contribution in [0, 0.1) is 12.7 Å². The topological polar surface area (TPSA) is 56.7 Å². The predicted octanol–water partition coefficient (Wildman–Crippen LogP) is 2.23. The number of fused-ring (bicyclic) bond motifs is 1. The zero-order valence-electron chi connectivity index (χ0n) is 11.1. The van der Waals surface area contributed by atoms with Gasteiger partial charge in [0.25, 0.3) is 0 Å². The van der Waals surface area contributed by atoms with Gasteiger partial charge in [-0.1, -0.05) is 6.92 Å². The summed E-state index contributed by atoms with van der Waals surface area (Å²) in [7, 11) is 0. The van der Waals surface area contributed by atoms with Crippen molar-refractivity contribution >= 4 is 0 Å². The van der Waals surface area contributed by atoms with E-state index >= 15 is 0 Å². The lowest BCUT2D eigenvalue weighted by Crippen LogP contribution is -2.34. The van der Waals surface area contributed by atoms with Crippen molar-refractivity contribution in [1.29, 1.82) is 0 Å². The molecule has 3 rings (SSSR count). The largest absolute Gasteiger partial charge is 0.330 e. The fraction of sp³-hybridized carbons (Fsp3) is 0.429. The lowest BCUT2D eigenvalue weighted by atomic mass is 9.98. The van der Waals surface area contributed by atoms with Gasteiger partial charge in [0.05, 0.1) is 11.9 Å². The Morgan fingerprint density at radius 2 is 2.21 bits per heavy atom. The normalized spacial score (nSPS) is 22.3. The molecule has 2 aromatic heterocycles. The minimum Gasteiger partial charge on any atom is -0.330 e. The molecule has 0 saturated heterocycles. The smallest absolute Gasteiger partial charge is 0.141 e. The van der Waals surface area contributed by atoms with E-state index in [0.717, 1.165) is 30.2 Å². The molecule has 100 valence electrons. The van der Waals surface area contributed by atoms with Crippen LogP contribution in [0.5, 0.6) is 0 Å². The maximum atomic E-state index is 12.9. The summed E-state index contributed by atoms with van der Waals surface area (Å²) in [5.74, 6) is 1.07. The monoisotopic (exact) mass is 260 g/mol. The van der Waals surface area contributed by atoms with Crippen LogP contribution in [0.1, 0.15) is 30.8 Å². The molecule has 0 aliphatic carbocycles. The first-order valence-corrected chi connectivity index (χ1v) is 6.50. The summed E-state index contributed by atoms with van der Waals surface area (Å²) < 4.78 is 15.1. The Bertz CT molecular complexity index is 603. The summed E-state index contributed by atoms with van der Waals surface area (Å²) >= 11 is 0. The number of hydrogen-bond donors (Lipinski definition) is 1. The molecule has 0 amide bonds. The number of imidazole rings is 1. The molecule has 0 radical (unpaired) electrons. The highest BCUT2D eigenvalue weighted by Crippen LogP contribution is 2.31. The van der Waals surface area contributed by atoms with Crippen LogP contribution in [0.2, 0.25) is 0 Å². The highest BCUT2D eigenvalue weighted by atomic mass is 19.1. The third-order valence-electron chi connectivity index (χ3n) is 3.73. The Hall–Kier alpha value is -1.75. The maximum absolute atomic E-state index is 12.9. The van der Waals surface area contributed by atoms with Crippen molar-refractivity contribution in [2.45, 2.75) is 38.8 Å². The molecule has 0 fully saturated rings. The quantitative estimate of drug-likeness (QED) is 0.855. The number of nitrogens with zero attached hydrogens (tertiary/aromatic N) is 3. The fourth-order valence-electron chi connectivity index (χ4n) is 2.79. The average Bonchev–Trinajstić information content (AvgIpc) is 2.69. The van der Waals surface area contributed by atoms with Crippen molar-refractivity contribution in [2.75, 3.05) is 0 Å². The SMILES string of the molecule is Cc1c(-c2ccc(F)cn2)nc2n1CC(N)CC2C. The van der Waals surface area contributed by atoms with Gasteiger partial charge in [-0.25, -0.2) is 9.37 Å². The van der Waals surface area contributed by atoms with Crippen molar-refractivity contribution in [3.8, 4) is 11.4 Å². The minimum absolute atomic E-state index is 0.171. The first kappa shape index (κ1) is 12.3. The third kappa shape index (κ3) is 2.04. The molecule has 19 heavy (non-hydrogen) atoms. The summed E-state index contributed by atoms with van der Waals surface area (Å²) in [5, 5.41) is 0. The van der Waals surface area contributed by atoms with Gasteiger partial charge in [0.2, 0.25) is 0 Å². The Morgan fingerprint density at radius 3 is 2.89 bits per heavy atom. The minimum atomic E-state index is -0.333. The predicted molar refractivity (Wildman–Crippen MR) is 71.2 cm³/mol. The van der Waals surface area contributed by atoms with Crippen LogP contribution >= 0.6 is 0 Å². The van der Waals surface area contributed by atoms with Crippen LogP contribution in [-0.4, -0.2) is 20.6 Å². The van der Waals surface area contributed by atoms with E-state index < -0.39 is 0 Å². The van der Waals surface area contributed by atoms with E-state index in [1.807, 2.05) is 6.92 Å². The molecule has 0 saturated carbocycles. The number of aromatic nitrogens is 3. The summed E-state index contributed by atoms with van der Waals surface area (Å²) in [6.07, 6.45) is 2.18. The molecule has 3 heterocycles. The van der Waals surface area contributed by atoms with E-state index in [2.05, 4.69) is 21.5 Å². The van der Waals surface area contributed by atoms with Crippen LogP contribution in [0.25, 0.3) is 11.4 Å². The van der Waals surface area contributed by atoms with Crippen LogP contribution in [0.3, 0.4) is 0 Å². The Balaban J connectivity index is 2.09. The van der Waals surface area contributed by atoms with E-state index in [1.54, 1.807) is 6.07 Å². The van der Waals surface area contributed by atoms with Gasteiger partial charge >= 0.3 is 0 Å².